The highest BCUT2D eigenvalue weighted by Crippen LogP contribution is 2.23. The van der Waals surface area contributed by atoms with Gasteiger partial charge in [0.25, 0.3) is 15.9 Å². The van der Waals surface area contributed by atoms with Crippen molar-refractivity contribution >= 4 is 37.5 Å². The molecule has 1 unspecified atom stereocenters. The molecule has 27 heavy (non-hydrogen) atoms. The summed E-state index contributed by atoms with van der Waals surface area (Å²) in [6, 6.07) is 13.1. The van der Waals surface area contributed by atoms with Crippen LogP contribution in [-0.4, -0.2) is 32.3 Å². The third kappa shape index (κ3) is 4.90. The molecule has 144 valence electrons. The maximum Gasteiger partial charge on any atom is 0.261 e. The minimum absolute atomic E-state index is 0.0836. The van der Waals surface area contributed by atoms with Gasteiger partial charge in [0.1, 0.15) is 0 Å². The van der Waals surface area contributed by atoms with Gasteiger partial charge in [-0.25, -0.2) is 8.42 Å². The van der Waals surface area contributed by atoms with Gasteiger partial charge in [0.2, 0.25) is 0 Å². The van der Waals surface area contributed by atoms with Crippen molar-refractivity contribution < 1.29 is 13.2 Å². The number of piperidine rings is 1. The maximum atomic E-state index is 12.8. The molecule has 1 fully saturated rings. The Balaban J connectivity index is 1.79. The molecule has 1 N–H and O–H groups in total. The Hall–Kier alpha value is -1.86. The summed E-state index contributed by atoms with van der Waals surface area (Å²) in [5.41, 5.74) is 0.877. The van der Waals surface area contributed by atoms with Crippen molar-refractivity contribution in [3.8, 4) is 0 Å². The van der Waals surface area contributed by atoms with Gasteiger partial charge in [0.15, 0.2) is 0 Å². The largest absolute Gasteiger partial charge is 0.338 e. The standard InChI is InChI=1S/C20H23BrN2O3S/c1-2-15-5-4-12-23(14-15)20(24)16-6-3-7-19(13-16)27(25,26)22-18-10-8-17(21)9-11-18/h3,6-11,13,15,22H,2,4-5,12,14H2,1H3. The third-order valence-electron chi connectivity index (χ3n) is 4.87. The molecule has 7 heteroatoms. The first-order valence-corrected chi connectivity index (χ1v) is 11.3. The minimum Gasteiger partial charge on any atom is -0.338 e. The highest BCUT2D eigenvalue weighted by molar-refractivity contribution is 9.10. The normalized spacial score (nSPS) is 17.6. The number of benzene rings is 2. The van der Waals surface area contributed by atoms with Crippen LogP contribution in [0.2, 0.25) is 0 Å². The van der Waals surface area contributed by atoms with Crippen molar-refractivity contribution in [2.75, 3.05) is 17.8 Å². The first-order valence-electron chi connectivity index (χ1n) is 9.07. The van der Waals surface area contributed by atoms with Gasteiger partial charge in [-0.3, -0.25) is 9.52 Å². The summed E-state index contributed by atoms with van der Waals surface area (Å²) < 4.78 is 28.8. The molecule has 0 aliphatic carbocycles. The molecule has 1 aliphatic heterocycles. The Labute approximate surface area is 169 Å². The van der Waals surface area contributed by atoms with Gasteiger partial charge in [0, 0.05) is 28.8 Å². The molecule has 2 aromatic rings. The third-order valence-corrected chi connectivity index (χ3v) is 6.78. The van der Waals surface area contributed by atoms with E-state index in [0.29, 0.717) is 17.2 Å². The summed E-state index contributed by atoms with van der Waals surface area (Å²) >= 11 is 3.32. The van der Waals surface area contributed by atoms with Crippen molar-refractivity contribution in [3.63, 3.8) is 0 Å². The van der Waals surface area contributed by atoms with Crippen LogP contribution in [-0.2, 0) is 10.0 Å². The predicted octanol–water partition coefficient (Wildman–Crippen LogP) is 4.51. The number of carbonyl (C=O) groups is 1. The number of amides is 1. The van der Waals surface area contributed by atoms with Gasteiger partial charge in [-0.05, 0) is 61.2 Å². The number of hydrogen-bond donors (Lipinski definition) is 1. The highest BCUT2D eigenvalue weighted by atomic mass is 79.9. The molecular formula is C20H23BrN2O3S. The molecule has 0 aromatic heterocycles. The fraction of sp³-hybridized carbons (Fsp3) is 0.350. The lowest BCUT2D eigenvalue weighted by Gasteiger charge is -2.32. The molecule has 0 spiro atoms. The topological polar surface area (TPSA) is 66.5 Å². The van der Waals surface area contributed by atoms with Gasteiger partial charge in [-0.1, -0.05) is 35.3 Å². The van der Waals surface area contributed by atoms with Crippen molar-refractivity contribution in [1.82, 2.24) is 4.90 Å². The molecule has 1 saturated heterocycles. The molecule has 3 rings (SSSR count). The Morgan fingerprint density at radius 2 is 1.96 bits per heavy atom. The van der Waals surface area contributed by atoms with Gasteiger partial charge in [-0.2, -0.15) is 0 Å². The van der Waals surface area contributed by atoms with Crippen LogP contribution < -0.4 is 4.72 Å². The summed E-state index contributed by atoms with van der Waals surface area (Å²) in [5.74, 6) is 0.419. The second-order valence-corrected chi connectivity index (χ2v) is 9.41. The van der Waals surface area contributed by atoms with E-state index in [1.165, 1.54) is 12.1 Å². The van der Waals surface area contributed by atoms with E-state index in [9.17, 15) is 13.2 Å². The lowest BCUT2D eigenvalue weighted by molar-refractivity contribution is 0.0671. The molecule has 0 radical (unpaired) electrons. The second-order valence-electron chi connectivity index (χ2n) is 6.81. The van der Waals surface area contributed by atoms with Crippen molar-refractivity contribution in [1.29, 1.82) is 0 Å². The number of nitrogens with one attached hydrogen (secondary N) is 1. The van der Waals surface area contributed by atoms with Crippen LogP contribution in [0.15, 0.2) is 57.9 Å². The van der Waals surface area contributed by atoms with Crippen LogP contribution in [0.5, 0.6) is 0 Å². The number of sulfonamides is 1. The molecule has 0 saturated carbocycles. The molecule has 1 amide bonds. The van der Waals surface area contributed by atoms with Crippen molar-refractivity contribution in [2.24, 2.45) is 5.92 Å². The second kappa shape index (κ2) is 8.44. The summed E-state index contributed by atoms with van der Waals surface area (Å²) in [6.07, 6.45) is 3.19. The van der Waals surface area contributed by atoms with Gasteiger partial charge in [0.05, 0.1) is 4.90 Å². The highest BCUT2D eigenvalue weighted by Gasteiger charge is 2.24. The van der Waals surface area contributed by atoms with E-state index in [2.05, 4.69) is 27.6 Å². The molecular weight excluding hydrogens is 428 g/mol. The Morgan fingerprint density at radius 1 is 1.22 bits per heavy atom. The zero-order valence-corrected chi connectivity index (χ0v) is 17.6. The molecule has 2 aromatic carbocycles. The van der Waals surface area contributed by atoms with Crippen molar-refractivity contribution in [3.05, 3.63) is 58.6 Å². The number of carbonyl (C=O) groups excluding carboxylic acids is 1. The SMILES string of the molecule is CCC1CCCN(C(=O)c2cccc(S(=O)(=O)Nc3ccc(Br)cc3)c2)C1. The predicted molar refractivity (Wildman–Crippen MR) is 110 cm³/mol. The quantitative estimate of drug-likeness (QED) is 0.728. The van der Waals surface area contributed by atoms with Gasteiger partial charge >= 0.3 is 0 Å². The van der Waals surface area contributed by atoms with Gasteiger partial charge < -0.3 is 4.90 Å². The first kappa shape index (κ1) is 19.9. The molecule has 1 atom stereocenters. The molecule has 1 aliphatic rings. The summed E-state index contributed by atoms with van der Waals surface area (Å²) in [4.78, 5) is 14.8. The number of hydrogen-bond acceptors (Lipinski definition) is 3. The van der Waals surface area contributed by atoms with E-state index in [4.69, 9.17) is 0 Å². The fourth-order valence-corrected chi connectivity index (χ4v) is 4.66. The molecule has 5 nitrogen and oxygen atoms in total. The van der Waals surface area contributed by atoms with E-state index >= 15 is 0 Å². The summed E-state index contributed by atoms with van der Waals surface area (Å²) in [6.45, 7) is 3.60. The number of halogens is 1. The lowest BCUT2D eigenvalue weighted by atomic mass is 9.95. The zero-order valence-electron chi connectivity index (χ0n) is 15.2. The fourth-order valence-electron chi connectivity index (χ4n) is 3.29. The Morgan fingerprint density at radius 3 is 2.67 bits per heavy atom. The van der Waals surface area contributed by atoms with Crippen molar-refractivity contribution in [2.45, 2.75) is 31.1 Å². The van der Waals surface area contributed by atoms with Gasteiger partial charge in [-0.15, -0.1) is 0 Å². The number of nitrogens with zero attached hydrogens (tertiary/aromatic N) is 1. The number of rotatable bonds is 5. The van der Waals surface area contributed by atoms with Crippen LogP contribution >= 0.6 is 15.9 Å². The summed E-state index contributed by atoms with van der Waals surface area (Å²) in [5, 5.41) is 0. The number of anilines is 1. The lowest BCUT2D eigenvalue weighted by Crippen LogP contribution is -2.39. The monoisotopic (exact) mass is 450 g/mol. The first-order chi connectivity index (χ1) is 12.9. The van der Waals surface area contributed by atoms with E-state index in [0.717, 1.165) is 36.8 Å². The zero-order chi connectivity index (χ0) is 19.4. The average molecular weight is 451 g/mol. The molecule has 1 heterocycles. The number of likely N-dealkylation sites (tertiary alicyclic amines) is 1. The van der Waals surface area contributed by atoms with E-state index in [1.54, 1.807) is 36.4 Å². The van der Waals surface area contributed by atoms with Crippen LogP contribution in [0, 0.1) is 5.92 Å². The van der Waals surface area contributed by atoms with Crippen LogP contribution in [0.3, 0.4) is 0 Å². The minimum atomic E-state index is -3.76. The van der Waals surface area contributed by atoms with E-state index in [1.807, 2.05) is 4.90 Å². The van der Waals surface area contributed by atoms with Crippen LogP contribution in [0.4, 0.5) is 5.69 Å². The van der Waals surface area contributed by atoms with E-state index in [-0.39, 0.29) is 10.8 Å². The molecule has 0 bridgehead atoms. The smallest absolute Gasteiger partial charge is 0.261 e. The summed E-state index contributed by atoms with van der Waals surface area (Å²) in [7, 11) is -3.76. The van der Waals surface area contributed by atoms with Crippen LogP contribution in [0.1, 0.15) is 36.5 Å². The van der Waals surface area contributed by atoms with Crippen LogP contribution in [0.25, 0.3) is 0 Å². The Bertz CT molecular complexity index is 913. The average Bonchev–Trinajstić information content (AvgIpc) is 2.69. The Kier molecular flexibility index (Phi) is 6.22. The van der Waals surface area contributed by atoms with E-state index < -0.39 is 10.0 Å². The maximum absolute atomic E-state index is 12.8.